The van der Waals surface area contributed by atoms with Crippen molar-refractivity contribution in [2.75, 3.05) is 0 Å². The summed E-state index contributed by atoms with van der Waals surface area (Å²) in [5.41, 5.74) is -1.09. The first-order valence-corrected chi connectivity index (χ1v) is 3.02. The Morgan fingerprint density at radius 2 is 2.17 bits per heavy atom. The van der Waals surface area contributed by atoms with Crippen LogP contribution in [-0.4, -0.2) is 11.1 Å². The predicted molar refractivity (Wildman–Crippen MR) is 38.8 cm³/mol. The lowest BCUT2D eigenvalue weighted by atomic mass is 10.2. The average Bonchev–Trinajstić information content (AvgIpc) is 2.03. The average molecular weight is 169 g/mol. The molecule has 0 heterocycles. The first-order valence-electron chi connectivity index (χ1n) is 3.02. The number of carboxylic acid groups (broad SMARTS) is 1. The maximum Gasteiger partial charge on any atom is 0.341 e. The molecule has 0 fully saturated rings. The van der Waals surface area contributed by atoms with Crippen LogP contribution in [0.15, 0.2) is 23.4 Å². The van der Waals surface area contributed by atoms with Crippen LogP contribution in [0.4, 0.5) is 10.1 Å². The lowest BCUT2D eigenvalue weighted by Crippen LogP contribution is -2.00. The monoisotopic (exact) mass is 169 g/mol. The van der Waals surface area contributed by atoms with Crippen molar-refractivity contribution in [2.45, 2.75) is 0 Å². The van der Waals surface area contributed by atoms with Crippen LogP contribution in [0.1, 0.15) is 10.4 Å². The number of rotatable bonds is 2. The molecule has 0 aliphatic carbocycles. The van der Waals surface area contributed by atoms with E-state index in [2.05, 4.69) is 5.18 Å². The molecule has 0 bridgehead atoms. The van der Waals surface area contributed by atoms with Crippen LogP contribution in [0, 0.1) is 10.7 Å². The lowest BCUT2D eigenvalue weighted by Gasteiger charge is -1.97. The Morgan fingerprint density at radius 1 is 1.50 bits per heavy atom. The molecule has 0 aliphatic rings. The first-order chi connectivity index (χ1) is 5.66. The van der Waals surface area contributed by atoms with Gasteiger partial charge in [0.2, 0.25) is 0 Å². The molecule has 4 nitrogen and oxygen atoms in total. The Hall–Kier alpha value is -1.78. The summed E-state index contributed by atoms with van der Waals surface area (Å²) in [5, 5.41) is 10.8. The molecule has 0 aliphatic heterocycles. The number of carboxylic acids is 1. The molecule has 0 spiro atoms. The molecule has 1 N–H and O–H groups in total. The molecule has 62 valence electrons. The Morgan fingerprint density at radius 3 is 2.58 bits per heavy atom. The fraction of sp³-hybridized carbons (Fsp3) is 0. The van der Waals surface area contributed by atoms with Crippen LogP contribution in [0.3, 0.4) is 0 Å². The molecule has 1 aromatic carbocycles. The van der Waals surface area contributed by atoms with Crippen LogP contribution in [-0.2, 0) is 0 Å². The van der Waals surface area contributed by atoms with Crippen molar-refractivity contribution in [3.63, 3.8) is 0 Å². The van der Waals surface area contributed by atoms with Gasteiger partial charge in [0, 0.05) is 0 Å². The maximum atomic E-state index is 12.7. The van der Waals surface area contributed by atoms with Crippen LogP contribution in [0.25, 0.3) is 0 Å². The number of aromatic carboxylic acids is 1. The highest BCUT2D eigenvalue weighted by molar-refractivity contribution is 5.93. The summed E-state index contributed by atoms with van der Waals surface area (Å²) in [6, 6.07) is 3.32. The van der Waals surface area contributed by atoms with E-state index < -0.39 is 23.0 Å². The van der Waals surface area contributed by atoms with Crippen LogP contribution in [0.5, 0.6) is 0 Å². The van der Waals surface area contributed by atoms with E-state index in [4.69, 9.17) is 5.11 Å². The summed E-state index contributed by atoms with van der Waals surface area (Å²) < 4.78 is 12.7. The molecular weight excluding hydrogens is 165 g/mol. The fourth-order valence-corrected chi connectivity index (χ4v) is 0.801. The van der Waals surface area contributed by atoms with E-state index in [9.17, 15) is 14.1 Å². The summed E-state index contributed by atoms with van der Waals surface area (Å²) in [6.45, 7) is 0. The van der Waals surface area contributed by atoms with E-state index in [0.717, 1.165) is 12.1 Å². The first kappa shape index (κ1) is 8.32. The smallest absolute Gasteiger partial charge is 0.341 e. The van der Waals surface area contributed by atoms with Crippen molar-refractivity contribution >= 4 is 11.7 Å². The number of benzene rings is 1. The molecule has 0 saturated carbocycles. The highest BCUT2D eigenvalue weighted by atomic mass is 19.1. The van der Waals surface area contributed by atoms with Gasteiger partial charge in [0.1, 0.15) is 17.1 Å². The summed E-state index contributed by atoms with van der Waals surface area (Å²) in [7, 11) is 0. The fourth-order valence-electron chi connectivity index (χ4n) is 0.801. The Labute approximate surface area is 66.6 Å². The minimum atomic E-state index is -1.50. The zero-order valence-corrected chi connectivity index (χ0v) is 5.82. The van der Waals surface area contributed by atoms with Gasteiger partial charge in [-0.05, 0) is 17.3 Å². The van der Waals surface area contributed by atoms with E-state index in [1.165, 1.54) is 6.07 Å². The highest BCUT2D eigenvalue weighted by Crippen LogP contribution is 2.21. The van der Waals surface area contributed by atoms with Gasteiger partial charge in [-0.15, -0.1) is 4.91 Å². The third kappa shape index (κ3) is 1.29. The summed E-state index contributed by atoms with van der Waals surface area (Å²) in [4.78, 5) is 20.4. The van der Waals surface area contributed by atoms with Gasteiger partial charge in [0.05, 0.1) is 0 Å². The molecule has 0 unspecified atom stereocenters. The predicted octanol–water partition coefficient (Wildman–Crippen LogP) is 1.92. The van der Waals surface area contributed by atoms with Crippen molar-refractivity contribution in [1.82, 2.24) is 0 Å². The van der Waals surface area contributed by atoms with E-state index in [-0.39, 0.29) is 0 Å². The van der Waals surface area contributed by atoms with Gasteiger partial charge in [0.25, 0.3) is 0 Å². The van der Waals surface area contributed by atoms with E-state index in [0.29, 0.717) is 0 Å². The number of halogens is 1. The Bertz CT molecular complexity index is 337. The van der Waals surface area contributed by atoms with Crippen molar-refractivity contribution in [2.24, 2.45) is 5.18 Å². The van der Waals surface area contributed by atoms with Crippen LogP contribution < -0.4 is 0 Å². The third-order valence-electron chi connectivity index (χ3n) is 1.30. The molecule has 0 atom stereocenters. The molecule has 12 heavy (non-hydrogen) atoms. The zero-order chi connectivity index (χ0) is 9.14. The van der Waals surface area contributed by atoms with Gasteiger partial charge < -0.3 is 5.11 Å². The van der Waals surface area contributed by atoms with Crippen molar-refractivity contribution in [1.29, 1.82) is 0 Å². The van der Waals surface area contributed by atoms with Crippen molar-refractivity contribution in [3.8, 4) is 0 Å². The van der Waals surface area contributed by atoms with Crippen LogP contribution in [0.2, 0.25) is 0 Å². The van der Waals surface area contributed by atoms with Gasteiger partial charge in [-0.3, -0.25) is 0 Å². The second-order valence-corrected chi connectivity index (χ2v) is 2.03. The number of carbonyl (C=O) groups is 1. The number of nitrogens with zero attached hydrogens (tertiary/aromatic N) is 1. The largest absolute Gasteiger partial charge is 0.478 e. The van der Waals surface area contributed by atoms with E-state index in [1.54, 1.807) is 0 Å². The Balaban J connectivity index is 3.39. The normalized spacial score (nSPS) is 9.42. The number of nitroso groups, excluding NO2 is 1. The van der Waals surface area contributed by atoms with Crippen molar-refractivity contribution in [3.05, 3.63) is 34.5 Å². The van der Waals surface area contributed by atoms with E-state index >= 15 is 0 Å². The molecule has 0 saturated heterocycles. The quantitative estimate of drug-likeness (QED) is 0.687. The second-order valence-electron chi connectivity index (χ2n) is 2.03. The van der Waals surface area contributed by atoms with Gasteiger partial charge in [-0.2, -0.15) is 0 Å². The maximum absolute atomic E-state index is 12.7. The van der Waals surface area contributed by atoms with Crippen LogP contribution >= 0.6 is 0 Å². The van der Waals surface area contributed by atoms with E-state index in [1.807, 2.05) is 0 Å². The second kappa shape index (κ2) is 3.08. The zero-order valence-electron chi connectivity index (χ0n) is 5.82. The molecule has 0 amide bonds. The van der Waals surface area contributed by atoms with Gasteiger partial charge in [0.15, 0.2) is 0 Å². The summed E-state index contributed by atoms with van der Waals surface area (Å²) in [5.74, 6) is -2.46. The van der Waals surface area contributed by atoms with Gasteiger partial charge in [-0.25, -0.2) is 9.18 Å². The number of hydrogen-bond donors (Lipinski definition) is 1. The lowest BCUT2D eigenvalue weighted by molar-refractivity contribution is 0.0693. The molecule has 1 aromatic rings. The molecule has 5 heteroatoms. The minimum Gasteiger partial charge on any atom is -0.478 e. The van der Waals surface area contributed by atoms with Gasteiger partial charge in [-0.1, -0.05) is 6.07 Å². The minimum absolute atomic E-state index is 0.400. The van der Waals surface area contributed by atoms with Crippen molar-refractivity contribution < 1.29 is 14.3 Å². The highest BCUT2D eigenvalue weighted by Gasteiger charge is 2.15. The van der Waals surface area contributed by atoms with Gasteiger partial charge >= 0.3 is 5.97 Å². The Kier molecular flexibility index (Phi) is 2.14. The summed E-state index contributed by atoms with van der Waals surface area (Å²) in [6.07, 6.45) is 0. The summed E-state index contributed by atoms with van der Waals surface area (Å²) >= 11 is 0. The topological polar surface area (TPSA) is 66.7 Å². The third-order valence-corrected chi connectivity index (χ3v) is 1.30. The number of hydrogen-bond acceptors (Lipinski definition) is 3. The molecule has 1 rings (SSSR count). The molecular formula is C7H4FNO3. The standard InChI is InChI=1S/C7H4FNO3/c8-4-2-1-3-5(9-12)6(4)7(10)11/h1-3H,(H,10,11). The SMILES string of the molecule is O=Nc1cccc(F)c1C(=O)O. The molecule has 0 aromatic heterocycles. The molecule has 0 radical (unpaired) electrons.